The number of piperidine rings is 1. The van der Waals surface area contributed by atoms with Gasteiger partial charge in [0.2, 0.25) is 5.91 Å². The molecule has 0 aromatic carbocycles. The molecule has 5 nitrogen and oxygen atoms in total. The average molecular weight is 229 g/mol. The Hall–Kier alpha value is -0.650. The molecular weight excluding hydrogens is 206 g/mol. The Morgan fingerprint density at radius 3 is 2.69 bits per heavy atom. The monoisotopic (exact) mass is 229 g/mol. The number of likely N-dealkylation sites (tertiary alicyclic amines) is 1. The number of nitrogens with one attached hydrogen (secondary N) is 1. The van der Waals surface area contributed by atoms with Gasteiger partial charge in [-0.1, -0.05) is 6.92 Å². The van der Waals surface area contributed by atoms with E-state index in [9.17, 15) is 4.79 Å². The van der Waals surface area contributed by atoms with Crippen LogP contribution in [0.15, 0.2) is 0 Å². The van der Waals surface area contributed by atoms with Gasteiger partial charge in [-0.25, -0.2) is 5.84 Å². The number of ether oxygens (including phenoxy) is 1. The van der Waals surface area contributed by atoms with Crippen LogP contribution in [0.1, 0.15) is 26.7 Å². The molecule has 0 saturated carbocycles. The van der Waals surface area contributed by atoms with Gasteiger partial charge >= 0.3 is 0 Å². The van der Waals surface area contributed by atoms with Crippen molar-refractivity contribution in [1.82, 2.24) is 10.3 Å². The van der Waals surface area contributed by atoms with Crippen molar-refractivity contribution < 1.29 is 9.53 Å². The molecule has 0 spiro atoms. The van der Waals surface area contributed by atoms with Gasteiger partial charge in [0.15, 0.2) is 0 Å². The maximum atomic E-state index is 11.3. The molecule has 1 atom stereocenters. The lowest BCUT2D eigenvalue weighted by Crippen LogP contribution is -2.44. The van der Waals surface area contributed by atoms with Gasteiger partial charge in [0.25, 0.3) is 0 Å². The first-order valence-electron chi connectivity index (χ1n) is 6.01. The van der Waals surface area contributed by atoms with Crippen LogP contribution in [0.25, 0.3) is 0 Å². The normalized spacial score (nSPS) is 20.7. The van der Waals surface area contributed by atoms with E-state index in [1.54, 1.807) is 0 Å². The molecule has 5 heteroatoms. The van der Waals surface area contributed by atoms with Crippen molar-refractivity contribution in [3.63, 3.8) is 0 Å². The van der Waals surface area contributed by atoms with E-state index in [1.165, 1.54) is 0 Å². The number of hydrogen-bond acceptors (Lipinski definition) is 4. The highest BCUT2D eigenvalue weighted by Gasteiger charge is 2.22. The van der Waals surface area contributed by atoms with E-state index in [0.29, 0.717) is 6.10 Å². The molecule has 94 valence electrons. The number of nitrogens with zero attached hydrogens (tertiary/aromatic N) is 1. The van der Waals surface area contributed by atoms with E-state index in [0.717, 1.165) is 39.1 Å². The quantitative estimate of drug-likeness (QED) is 0.399. The van der Waals surface area contributed by atoms with Crippen molar-refractivity contribution in [2.24, 2.45) is 11.8 Å². The van der Waals surface area contributed by atoms with Crippen LogP contribution in [0.5, 0.6) is 0 Å². The minimum absolute atomic E-state index is 0.0476. The molecule has 0 aromatic rings. The van der Waals surface area contributed by atoms with Crippen molar-refractivity contribution in [1.29, 1.82) is 0 Å². The van der Waals surface area contributed by atoms with E-state index in [1.807, 2.05) is 13.8 Å². The zero-order valence-electron chi connectivity index (χ0n) is 10.2. The first-order valence-corrected chi connectivity index (χ1v) is 6.01. The molecule has 1 saturated heterocycles. The van der Waals surface area contributed by atoms with Gasteiger partial charge in [-0.05, 0) is 19.8 Å². The summed E-state index contributed by atoms with van der Waals surface area (Å²) in [6, 6.07) is 0. The van der Waals surface area contributed by atoms with Crippen LogP contribution in [0, 0.1) is 5.92 Å². The number of carbonyl (C=O) groups is 1. The van der Waals surface area contributed by atoms with Crippen molar-refractivity contribution in [2.75, 3.05) is 26.2 Å². The molecule has 1 amide bonds. The summed E-state index contributed by atoms with van der Waals surface area (Å²) in [6.07, 6.45) is 2.52. The summed E-state index contributed by atoms with van der Waals surface area (Å²) < 4.78 is 5.58. The Morgan fingerprint density at radius 1 is 1.56 bits per heavy atom. The zero-order chi connectivity index (χ0) is 12.0. The molecule has 1 fully saturated rings. The summed E-state index contributed by atoms with van der Waals surface area (Å²) in [7, 11) is 0. The molecule has 1 aliphatic heterocycles. The van der Waals surface area contributed by atoms with Crippen molar-refractivity contribution in [3.05, 3.63) is 0 Å². The van der Waals surface area contributed by atoms with E-state index < -0.39 is 0 Å². The number of rotatable bonds is 5. The van der Waals surface area contributed by atoms with Crippen LogP contribution in [0.2, 0.25) is 0 Å². The molecule has 1 aliphatic rings. The molecule has 0 radical (unpaired) electrons. The minimum atomic E-state index is -0.0908. The Labute approximate surface area is 97.3 Å². The average Bonchev–Trinajstić information content (AvgIpc) is 2.31. The Bertz CT molecular complexity index is 215. The molecule has 3 N–H and O–H groups in total. The fourth-order valence-electron chi connectivity index (χ4n) is 2.11. The second-order valence-electron chi connectivity index (χ2n) is 4.36. The highest BCUT2D eigenvalue weighted by Crippen LogP contribution is 2.14. The van der Waals surface area contributed by atoms with E-state index >= 15 is 0 Å². The number of hydrogen-bond donors (Lipinski definition) is 2. The van der Waals surface area contributed by atoms with Crippen LogP contribution in [0.4, 0.5) is 0 Å². The Kier molecular flexibility index (Phi) is 5.73. The standard InChI is InChI=1S/C11H23N3O2/c1-3-16-10-4-6-14(7-5-10)8-9(2)11(15)13-12/h9-10H,3-8,12H2,1-2H3,(H,13,15). The smallest absolute Gasteiger partial charge is 0.237 e. The molecule has 1 heterocycles. The fraction of sp³-hybridized carbons (Fsp3) is 0.909. The van der Waals surface area contributed by atoms with Gasteiger partial charge in [0, 0.05) is 32.2 Å². The summed E-state index contributed by atoms with van der Waals surface area (Å²) in [6.45, 7) is 7.51. The third kappa shape index (κ3) is 4.08. The summed E-state index contributed by atoms with van der Waals surface area (Å²) in [5.41, 5.74) is 2.19. The van der Waals surface area contributed by atoms with Crippen molar-refractivity contribution >= 4 is 5.91 Å². The first-order chi connectivity index (χ1) is 7.67. The SMILES string of the molecule is CCOC1CCN(CC(C)C(=O)NN)CC1. The van der Waals surface area contributed by atoms with Gasteiger partial charge in [0.05, 0.1) is 6.10 Å². The van der Waals surface area contributed by atoms with Gasteiger partial charge in [-0.15, -0.1) is 0 Å². The van der Waals surface area contributed by atoms with E-state index in [4.69, 9.17) is 10.6 Å². The Morgan fingerprint density at radius 2 is 2.19 bits per heavy atom. The van der Waals surface area contributed by atoms with Gasteiger partial charge in [0.1, 0.15) is 0 Å². The number of amides is 1. The lowest BCUT2D eigenvalue weighted by molar-refractivity contribution is -0.125. The van der Waals surface area contributed by atoms with Crippen LogP contribution >= 0.6 is 0 Å². The molecule has 0 aliphatic carbocycles. The summed E-state index contributed by atoms with van der Waals surface area (Å²) in [5.74, 6) is 4.96. The fourth-order valence-corrected chi connectivity index (χ4v) is 2.11. The number of nitrogens with two attached hydrogens (primary N) is 1. The van der Waals surface area contributed by atoms with Crippen LogP contribution in [0.3, 0.4) is 0 Å². The second kappa shape index (κ2) is 6.83. The zero-order valence-corrected chi connectivity index (χ0v) is 10.2. The van der Waals surface area contributed by atoms with Crippen LogP contribution in [-0.4, -0.2) is 43.2 Å². The maximum absolute atomic E-state index is 11.3. The van der Waals surface area contributed by atoms with Crippen LogP contribution < -0.4 is 11.3 Å². The predicted octanol–water partition coefficient (Wildman–Crippen LogP) is 0.113. The Balaban J connectivity index is 2.24. The third-order valence-corrected chi connectivity index (χ3v) is 3.06. The number of hydrazine groups is 1. The van der Waals surface area contributed by atoms with E-state index in [-0.39, 0.29) is 11.8 Å². The molecule has 0 bridgehead atoms. The molecule has 1 unspecified atom stereocenters. The topological polar surface area (TPSA) is 67.6 Å². The maximum Gasteiger partial charge on any atom is 0.237 e. The van der Waals surface area contributed by atoms with Gasteiger partial charge in [-0.3, -0.25) is 10.2 Å². The lowest BCUT2D eigenvalue weighted by atomic mass is 10.1. The third-order valence-electron chi connectivity index (χ3n) is 3.06. The minimum Gasteiger partial charge on any atom is -0.378 e. The summed E-state index contributed by atoms with van der Waals surface area (Å²) in [4.78, 5) is 13.6. The summed E-state index contributed by atoms with van der Waals surface area (Å²) in [5, 5.41) is 0. The largest absolute Gasteiger partial charge is 0.378 e. The molecular formula is C11H23N3O2. The van der Waals surface area contributed by atoms with Gasteiger partial charge in [-0.2, -0.15) is 0 Å². The summed E-state index contributed by atoms with van der Waals surface area (Å²) >= 11 is 0. The predicted molar refractivity (Wildman–Crippen MR) is 62.6 cm³/mol. The van der Waals surface area contributed by atoms with Crippen molar-refractivity contribution in [3.8, 4) is 0 Å². The highest BCUT2D eigenvalue weighted by molar-refractivity contribution is 5.77. The highest BCUT2D eigenvalue weighted by atomic mass is 16.5. The molecule has 0 aromatic heterocycles. The first kappa shape index (κ1) is 13.4. The van der Waals surface area contributed by atoms with Crippen molar-refractivity contribution in [2.45, 2.75) is 32.8 Å². The van der Waals surface area contributed by atoms with Crippen LogP contribution in [-0.2, 0) is 9.53 Å². The lowest BCUT2D eigenvalue weighted by Gasteiger charge is -2.32. The van der Waals surface area contributed by atoms with Gasteiger partial charge < -0.3 is 9.64 Å². The second-order valence-corrected chi connectivity index (χ2v) is 4.36. The molecule has 16 heavy (non-hydrogen) atoms. The van der Waals surface area contributed by atoms with E-state index in [2.05, 4.69) is 10.3 Å². The number of carbonyl (C=O) groups excluding carboxylic acids is 1. The molecule has 1 rings (SSSR count).